The molecule has 0 aliphatic carbocycles. The first kappa shape index (κ1) is 21.2. The molecule has 0 atom stereocenters. The molecule has 0 aliphatic heterocycles. The van der Waals surface area contributed by atoms with Crippen LogP contribution < -0.4 is 0 Å². The van der Waals surface area contributed by atoms with Crippen molar-refractivity contribution in [1.82, 2.24) is 4.90 Å². The van der Waals surface area contributed by atoms with E-state index in [0.717, 1.165) is 24.0 Å². The monoisotopic (exact) mass is 349 g/mol. The lowest BCUT2D eigenvalue weighted by molar-refractivity contribution is -0.206. The van der Waals surface area contributed by atoms with E-state index in [1.54, 1.807) is 13.8 Å². The Kier molecular flexibility index (Phi) is 7.61. The largest absolute Gasteiger partial charge is 0.432 e. The molecule has 25 heavy (non-hydrogen) atoms. The molecular formula is C20H31NO4. The van der Waals surface area contributed by atoms with E-state index in [0.29, 0.717) is 5.56 Å². The van der Waals surface area contributed by atoms with Crippen LogP contribution in [0.2, 0.25) is 0 Å². The third-order valence-electron chi connectivity index (χ3n) is 4.15. The highest BCUT2D eigenvalue weighted by Crippen LogP contribution is 2.17. The maximum Gasteiger partial charge on any atom is 0.328 e. The first-order valence-electron chi connectivity index (χ1n) is 8.84. The average molecular weight is 349 g/mol. The van der Waals surface area contributed by atoms with Gasteiger partial charge in [0.1, 0.15) is 6.54 Å². The molecule has 0 aliphatic rings. The molecule has 0 saturated heterocycles. The van der Waals surface area contributed by atoms with Crippen LogP contribution in [0.5, 0.6) is 0 Å². The van der Waals surface area contributed by atoms with Crippen molar-refractivity contribution in [1.29, 1.82) is 0 Å². The summed E-state index contributed by atoms with van der Waals surface area (Å²) in [6.07, 6.45) is 1.72. The molecular weight excluding hydrogens is 318 g/mol. The van der Waals surface area contributed by atoms with Crippen molar-refractivity contribution in [3.63, 3.8) is 0 Å². The smallest absolute Gasteiger partial charge is 0.328 e. The van der Waals surface area contributed by atoms with Crippen molar-refractivity contribution in [3.8, 4) is 0 Å². The van der Waals surface area contributed by atoms with Gasteiger partial charge < -0.3 is 14.4 Å². The van der Waals surface area contributed by atoms with Crippen LogP contribution in [0.1, 0.15) is 63.0 Å². The fourth-order valence-corrected chi connectivity index (χ4v) is 2.44. The Labute approximate surface area is 151 Å². The highest BCUT2D eigenvalue weighted by molar-refractivity contribution is 5.96. The molecule has 5 heteroatoms. The van der Waals surface area contributed by atoms with Gasteiger partial charge in [-0.1, -0.05) is 19.9 Å². The maximum absolute atomic E-state index is 13.0. The highest BCUT2D eigenvalue weighted by Gasteiger charge is 2.27. The van der Waals surface area contributed by atoms with Crippen LogP contribution >= 0.6 is 0 Å². The van der Waals surface area contributed by atoms with Gasteiger partial charge in [-0.25, -0.2) is 0 Å². The van der Waals surface area contributed by atoms with E-state index in [1.165, 1.54) is 12.0 Å². The number of benzene rings is 1. The summed E-state index contributed by atoms with van der Waals surface area (Å²) < 4.78 is 10.4. The van der Waals surface area contributed by atoms with Gasteiger partial charge in [0.05, 0.1) is 0 Å². The van der Waals surface area contributed by atoms with Crippen molar-refractivity contribution in [2.24, 2.45) is 0 Å². The zero-order chi connectivity index (χ0) is 19.2. The molecule has 1 amide bonds. The second kappa shape index (κ2) is 8.99. The molecule has 1 rings (SSSR count). The van der Waals surface area contributed by atoms with Crippen LogP contribution in [-0.4, -0.2) is 42.3 Å². The number of hydrogen-bond donors (Lipinski definition) is 0. The molecule has 0 radical (unpaired) electrons. The van der Waals surface area contributed by atoms with E-state index in [2.05, 4.69) is 19.9 Å². The third kappa shape index (κ3) is 6.16. The van der Waals surface area contributed by atoms with Crippen LogP contribution in [0.25, 0.3) is 0 Å². The number of methoxy groups -OCH3 is 1. The molecule has 0 fully saturated rings. The molecule has 0 saturated carbocycles. The lowest BCUT2D eigenvalue weighted by Gasteiger charge is -2.29. The van der Waals surface area contributed by atoms with Crippen LogP contribution in [0.15, 0.2) is 18.2 Å². The first-order chi connectivity index (χ1) is 11.6. The predicted octanol–water partition coefficient (Wildman–Crippen LogP) is 3.59. The van der Waals surface area contributed by atoms with E-state index in [1.807, 2.05) is 26.0 Å². The summed E-state index contributed by atoms with van der Waals surface area (Å²) in [5, 5.41) is 0. The van der Waals surface area contributed by atoms with Gasteiger partial charge in [-0.15, -0.1) is 0 Å². The van der Waals surface area contributed by atoms with Gasteiger partial charge in [0, 0.05) is 32.6 Å². The number of carbonyl (C=O) groups excluding carboxylic acids is 2. The van der Waals surface area contributed by atoms with E-state index < -0.39 is 11.8 Å². The maximum atomic E-state index is 13.0. The predicted molar refractivity (Wildman–Crippen MR) is 98.6 cm³/mol. The van der Waals surface area contributed by atoms with Gasteiger partial charge in [-0.3, -0.25) is 9.59 Å². The SMILES string of the molecule is CCc1cc(CC)cc(C(=O)N(CC(=O)OC(C)(C)OC)C(C)C)c1. The quantitative estimate of drug-likeness (QED) is 0.532. The Morgan fingerprint density at radius 1 is 1.08 bits per heavy atom. The fraction of sp³-hybridized carbons (Fsp3) is 0.600. The molecule has 0 unspecified atom stereocenters. The van der Waals surface area contributed by atoms with Gasteiger partial charge >= 0.3 is 5.97 Å². The summed E-state index contributed by atoms with van der Waals surface area (Å²) in [7, 11) is 1.47. The zero-order valence-corrected chi connectivity index (χ0v) is 16.5. The minimum absolute atomic E-state index is 0.110. The minimum atomic E-state index is -1.01. The van der Waals surface area contributed by atoms with Gasteiger partial charge in [-0.05, 0) is 49.9 Å². The summed E-state index contributed by atoms with van der Waals surface area (Å²) in [6, 6.07) is 5.80. The average Bonchev–Trinajstić information content (AvgIpc) is 2.57. The fourth-order valence-electron chi connectivity index (χ4n) is 2.44. The number of carbonyl (C=O) groups is 2. The number of hydrogen-bond acceptors (Lipinski definition) is 4. The Morgan fingerprint density at radius 3 is 2.00 bits per heavy atom. The lowest BCUT2D eigenvalue weighted by Crippen LogP contribution is -2.43. The molecule has 5 nitrogen and oxygen atoms in total. The number of rotatable bonds is 8. The van der Waals surface area contributed by atoms with Crippen LogP contribution in [0.3, 0.4) is 0 Å². The summed E-state index contributed by atoms with van der Waals surface area (Å²) in [5.74, 6) is -1.66. The van der Waals surface area contributed by atoms with E-state index in [-0.39, 0.29) is 18.5 Å². The van der Waals surface area contributed by atoms with Crippen molar-refractivity contribution in [2.75, 3.05) is 13.7 Å². The Hall–Kier alpha value is -1.88. The summed E-state index contributed by atoms with van der Waals surface area (Å²) in [4.78, 5) is 26.7. The minimum Gasteiger partial charge on any atom is -0.432 e. The summed E-state index contributed by atoms with van der Waals surface area (Å²) in [6.45, 7) is 11.1. The normalized spacial score (nSPS) is 11.5. The summed E-state index contributed by atoms with van der Waals surface area (Å²) in [5.41, 5.74) is 2.85. The molecule has 1 aromatic carbocycles. The molecule has 140 valence electrons. The second-order valence-electron chi connectivity index (χ2n) is 6.85. The van der Waals surface area contributed by atoms with E-state index in [9.17, 15) is 9.59 Å². The van der Waals surface area contributed by atoms with Crippen molar-refractivity contribution in [2.45, 2.75) is 66.2 Å². The van der Waals surface area contributed by atoms with Gasteiger partial charge in [0.2, 0.25) is 5.79 Å². The van der Waals surface area contributed by atoms with Crippen molar-refractivity contribution >= 4 is 11.9 Å². The molecule has 0 aromatic heterocycles. The first-order valence-corrected chi connectivity index (χ1v) is 8.84. The van der Waals surface area contributed by atoms with E-state index in [4.69, 9.17) is 9.47 Å². The highest BCUT2D eigenvalue weighted by atomic mass is 16.7. The number of aryl methyl sites for hydroxylation is 2. The Morgan fingerprint density at radius 2 is 1.60 bits per heavy atom. The van der Waals surface area contributed by atoms with Crippen LogP contribution in [0, 0.1) is 0 Å². The number of amides is 1. The lowest BCUT2D eigenvalue weighted by atomic mass is 10.0. The van der Waals surface area contributed by atoms with Gasteiger partial charge in [-0.2, -0.15) is 0 Å². The van der Waals surface area contributed by atoms with Gasteiger partial charge in [0.15, 0.2) is 0 Å². The Balaban J connectivity index is 3.03. The number of nitrogens with zero attached hydrogens (tertiary/aromatic N) is 1. The van der Waals surface area contributed by atoms with Crippen LogP contribution in [0.4, 0.5) is 0 Å². The molecule has 0 spiro atoms. The molecule has 0 heterocycles. The molecule has 1 aromatic rings. The third-order valence-corrected chi connectivity index (χ3v) is 4.15. The van der Waals surface area contributed by atoms with Crippen molar-refractivity contribution < 1.29 is 19.1 Å². The van der Waals surface area contributed by atoms with Crippen molar-refractivity contribution in [3.05, 3.63) is 34.9 Å². The second-order valence-corrected chi connectivity index (χ2v) is 6.85. The molecule has 0 bridgehead atoms. The van der Waals surface area contributed by atoms with Crippen LogP contribution in [-0.2, 0) is 27.1 Å². The van der Waals surface area contributed by atoms with E-state index >= 15 is 0 Å². The number of esters is 1. The standard InChI is InChI=1S/C20H31NO4/c1-8-15-10-16(9-2)12-17(11-15)19(23)21(14(3)4)13-18(22)25-20(5,6)24-7/h10-12,14H,8-9,13H2,1-7H3. The van der Waals surface area contributed by atoms with Gasteiger partial charge in [0.25, 0.3) is 5.91 Å². The summed E-state index contributed by atoms with van der Waals surface area (Å²) >= 11 is 0. The Bertz CT molecular complexity index is 585. The topological polar surface area (TPSA) is 55.8 Å². The number of ether oxygens (including phenoxy) is 2. The molecule has 0 N–H and O–H groups in total. The zero-order valence-electron chi connectivity index (χ0n) is 16.5.